The summed E-state index contributed by atoms with van der Waals surface area (Å²) in [6.07, 6.45) is 1.64. The molecule has 0 amide bonds. The van der Waals surface area contributed by atoms with Gasteiger partial charge in [-0.05, 0) is 36.4 Å². The van der Waals surface area contributed by atoms with Crippen molar-refractivity contribution in [1.82, 2.24) is 9.38 Å². The molecule has 0 aliphatic heterocycles. The highest BCUT2D eigenvalue weighted by atomic mass is 35.5. The number of hydrogen-bond acceptors (Lipinski definition) is 4. The number of phenols is 1. The van der Waals surface area contributed by atoms with E-state index in [-0.39, 0.29) is 11.3 Å². The van der Waals surface area contributed by atoms with Crippen molar-refractivity contribution in [2.75, 3.05) is 0 Å². The molecule has 4 nitrogen and oxygen atoms in total. The molecule has 1 N–H and O–H groups in total. The number of thiazole rings is 1. The van der Waals surface area contributed by atoms with Gasteiger partial charge in [-0.2, -0.15) is 0 Å². The van der Waals surface area contributed by atoms with E-state index in [0.717, 1.165) is 11.0 Å². The van der Waals surface area contributed by atoms with E-state index in [1.54, 1.807) is 22.6 Å². The lowest BCUT2D eigenvalue weighted by molar-refractivity contribution is 0.474. The number of phenolic OH excluding ortho intramolecular Hbond substituents is 1. The molecule has 108 valence electrons. The Bertz CT molecular complexity index is 1130. The van der Waals surface area contributed by atoms with Gasteiger partial charge in [0.2, 0.25) is 0 Å². The largest absolute Gasteiger partial charge is 0.507 e. The van der Waals surface area contributed by atoms with Crippen LogP contribution in [0.4, 0.5) is 0 Å². The van der Waals surface area contributed by atoms with Crippen LogP contribution in [0.3, 0.4) is 0 Å². The Balaban J connectivity index is 2.04. The number of halogens is 1. The van der Waals surface area contributed by atoms with Gasteiger partial charge in [-0.25, -0.2) is 9.38 Å². The van der Waals surface area contributed by atoms with Gasteiger partial charge in [0.05, 0.1) is 15.6 Å². The second kappa shape index (κ2) is 4.83. The summed E-state index contributed by atoms with van der Waals surface area (Å²) >= 11 is 7.22. The van der Waals surface area contributed by atoms with Crippen LogP contribution in [0, 0.1) is 0 Å². The van der Waals surface area contributed by atoms with Crippen molar-refractivity contribution in [2.24, 2.45) is 0 Å². The first kappa shape index (κ1) is 13.3. The number of imidazole rings is 1. The summed E-state index contributed by atoms with van der Waals surface area (Å²) < 4.78 is 2.10. The van der Waals surface area contributed by atoms with Crippen LogP contribution in [0.2, 0.25) is 5.02 Å². The fraction of sp³-hybridized carbons (Fsp3) is 0. The minimum Gasteiger partial charge on any atom is -0.507 e. The maximum Gasteiger partial charge on any atom is 0.274 e. The van der Waals surface area contributed by atoms with Gasteiger partial charge in [0.25, 0.3) is 5.56 Å². The average Bonchev–Trinajstić information content (AvgIpc) is 3.00. The van der Waals surface area contributed by atoms with Crippen LogP contribution >= 0.6 is 22.9 Å². The summed E-state index contributed by atoms with van der Waals surface area (Å²) in [4.78, 5) is 17.7. The Kier molecular flexibility index (Phi) is 2.92. The van der Waals surface area contributed by atoms with Gasteiger partial charge in [0.1, 0.15) is 5.75 Å². The van der Waals surface area contributed by atoms with Crippen LogP contribution in [-0.2, 0) is 0 Å². The van der Waals surface area contributed by atoms with E-state index in [9.17, 15) is 9.90 Å². The summed E-state index contributed by atoms with van der Waals surface area (Å²) in [6, 6.07) is 12.2. The molecular formula is C16H9ClN2O2S. The monoisotopic (exact) mass is 328 g/mol. The molecule has 0 radical (unpaired) electrons. The molecule has 4 rings (SSSR count). The van der Waals surface area contributed by atoms with Gasteiger partial charge in [0.15, 0.2) is 4.96 Å². The van der Waals surface area contributed by atoms with Crippen LogP contribution in [0.15, 0.2) is 47.3 Å². The van der Waals surface area contributed by atoms with Gasteiger partial charge < -0.3 is 5.11 Å². The highest BCUT2D eigenvalue weighted by Crippen LogP contribution is 2.22. The first-order valence-corrected chi connectivity index (χ1v) is 7.73. The van der Waals surface area contributed by atoms with Crippen LogP contribution in [0.1, 0.15) is 5.56 Å². The highest BCUT2D eigenvalue weighted by Gasteiger charge is 2.11. The minimum absolute atomic E-state index is 0.0831. The van der Waals surface area contributed by atoms with Gasteiger partial charge in [-0.3, -0.25) is 4.79 Å². The average molecular weight is 329 g/mol. The molecular weight excluding hydrogens is 320 g/mol. The molecule has 2 aromatic carbocycles. The molecule has 4 aromatic rings. The number of para-hydroxylation sites is 2. The Morgan fingerprint density at radius 1 is 1.23 bits per heavy atom. The van der Waals surface area contributed by atoms with Crippen LogP contribution in [-0.4, -0.2) is 14.5 Å². The summed E-state index contributed by atoms with van der Waals surface area (Å²) in [7, 11) is 0. The van der Waals surface area contributed by atoms with Gasteiger partial charge in [-0.1, -0.05) is 35.1 Å². The molecule has 0 aliphatic rings. The first-order chi connectivity index (χ1) is 10.6. The number of aromatic nitrogens is 2. The van der Waals surface area contributed by atoms with Crippen molar-refractivity contribution in [3.8, 4) is 5.75 Å². The lowest BCUT2D eigenvalue weighted by atomic mass is 10.2. The van der Waals surface area contributed by atoms with Gasteiger partial charge >= 0.3 is 0 Å². The molecule has 2 aromatic heterocycles. The van der Waals surface area contributed by atoms with E-state index in [1.165, 1.54) is 17.4 Å². The zero-order valence-electron chi connectivity index (χ0n) is 11.2. The molecule has 0 saturated heterocycles. The number of benzene rings is 2. The topological polar surface area (TPSA) is 54.6 Å². The lowest BCUT2D eigenvalue weighted by Gasteiger charge is -1.97. The molecule has 0 bridgehead atoms. The van der Waals surface area contributed by atoms with Crippen LogP contribution in [0.25, 0.3) is 22.1 Å². The Labute approximate surface area is 133 Å². The number of nitrogens with zero attached hydrogens (tertiary/aromatic N) is 2. The van der Waals surface area contributed by atoms with Crippen LogP contribution in [0.5, 0.6) is 5.75 Å². The van der Waals surface area contributed by atoms with E-state index in [0.29, 0.717) is 20.1 Å². The number of fused-ring (bicyclic) bond motifs is 3. The molecule has 0 fully saturated rings. The van der Waals surface area contributed by atoms with Crippen molar-refractivity contribution in [3.05, 3.63) is 67.9 Å². The zero-order chi connectivity index (χ0) is 15.3. The van der Waals surface area contributed by atoms with Crippen molar-refractivity contribution < 1.29 is 5.11 Å². The molecule has 0 saturated carbocycles. The fourth-order valence-electron chi connectivity index (χ4n) is 2.39. The predicted octanol–water partition coefficient (Wildman–Crippen LogP) is 2.82. The second-order valence-electron chi connectivity index (χ2n) is 4.84. The molecule has 0 spiro atoms. The maximum atomic E-state index is 12.6. The SMILES string of the molecule is O=c1/c(=C\c2cc(Cl)ccc2O)sc2nc3ccccc3n12. The third-order valence-electron chi connectivity index (χ3n) is 3.42. The predicted molar refractivity (Wildman–Crippen MR) is 88.7 cm³/mol. The van der Waals surface area contributed by atoms with Gasteiger partial charge in [0, 0.05) is 10.6 Å². The molecule has 0 atom stereocenters. The van der Waals surface area contributed by atoms with Crippen molar-refractivity contribution in [1.29, 1.82) is 0 Å². The second-order valence-corrected chi connectivity index (χ2v) is 6.28. The Morgan fingerprint density at radius 2 is 2.05 bits per heavy atom. The van der Waals surface area contributed by atoms with E-state index >= 15 is 0 Å². The number of aromatic hydroxyl groups is 1. The van der Waals surface area contributed by atoms with E-state index in [4.69, 9.17) is 11.6 Å². The molecule has 0 aliphatic carbocycles. The van der Waals surface area contributed by atoms with E-state index < -0.39 is 0 Å². The third kappa shape index (κ3) is 1.98. The van der Waals surface area contributed by atoms with Crippen molar-refractivity contribution in [3.63, 3.8) is 0 Å². The summed E-state index contributed by atoms with van der Waals surface area (Å²) in [6.45, 7) is 0. The standard InChI is InChI=1S/C16H9ClN2O2S/c17-10-5-6-13(20)9(7-10)8-14-15(21)19-12-4-2-1-3-11(12)18-16(19)22-14/h1-8,20H/b14-8+. The summed E-state index contributed by atoms with van der Waals surface area (Å²) in [5.41, 5.74) is 1.95. The number of hydrogen-bond donors (Lipinski definition) is 1. The Hall–Kier alpha value is -2.37. The molecule has 6 heteroatoms. The van der Waals surface area contributed by atoms with Crippen LogP contribution < -0.4 is 10.1 Å². The molecule has 22 heavy (non-hydrogen) atoms. The Morgan fingerprint density at radius 3 is 2.91 bits per heavy atom. The number of rotatable bonds is 1. The fourth-order valence-corrected chi connectivity index (χ4v) is 3.55. The third-order valence-corrected chi connectivity index (χ3v) is 4.63. The lowest BCUT2D eigenvalue weighted by Crippen LogP contribution is -2.22. The van der Waals surface area contributed by atoms with Crippen molar-refractivity contribution >= 4 is 45.0 Å². The highest BCUT2D eigenvalue weighted by molar-refractivity contribution is 7.15. The first-order valence-electron chi connectivity index (χ1n) is 6.54. The summed E-state index contributed by atoms with van der Waals surface area (Å²) in [5, 5.41) is 10.4. The maximum absolute atomic E-state index is 12.6. The minimum atomic E-state index is -0.145. The van der Waals surface area contributed by atoms with Crippen molar-refractivity contribution in [2.45, 2.75) is 0 Å². The van der Waals surface area contributed by atoms with Gasteiger partial charge in [-0.15, -0.1) is 0 Å². The quantitative estimate of drug-likeness (QED) is 0.584. The smallest absolute Gasteiger partial charge is 0.274 e. The summed E-state index contributed by atoms with van der Waals surface area (Å²) in [5.74, 6) is 0.0831. The zero-order valence-corrected chi connectivity index (χ0v) is 12.7. The molecule has 0 unspecified atom stereocenters. The molecule has 2 heterocycles. The van der Waals surface area contributed by atoms with E-state index in [2.05, 4.69) is 4.98 Å². The normalized spacial score (nSPS) is 12.5. The van der Waals surface area contributed by atoms with E-state index in [1.807, 2.05) is 24.3 Å².